The van der Waals surface area contributed by atoms with Crippen molar-refractivity contribution in [1.29, 1.82) is 0 Å². The predicted octanol–water partition coefficient (Wildman–Crippen LogP) is 3.43. The van der Waals surface area contributed by atoms with Crippen LogP contribution in [0.4, 0.5) is 13.2 Å². The monoisotopic (exact) mass is 383 g/mol. The first-order chi connectivity index (χ1) is 12.2. The molecule has 3 heterocycles. The highest BCUT2D eigenvalue weighted by Crippen LogP contribution is 2.24. The van der Waals surface area contributed by atoms with Crippen molar-refractivity contribution in [3.8, 4) is 11.3 Å². The molecule has 0 saturated carbocycles. The number of fused-ring (bicyclic) bond motifs is 1. The van der Waals surface area contributed by atoms with E-state index < -0.39 is 18.1 Å². The average Bonchev–Trinajstić information content (AvgIpc) is 2.98. The molecule has 3 aromatic heterocycles. The van der Waals surface area contributed by atoms with Crippen LogP contribution >= 0.6 is 11.6 Å². The van der Waals surface area contributed by atoms with Crippen molar-refractivity contribution in [3.63, 3.8) is 0 Å². The number of carbonyl (C=O) groups is 1. The topological polar surface area (TPSA) is 72.2 Å². The maximum absolute atomic E-state index is 12.7. The van der Waals surface area contributed by atoms with Crippen LogP contribution in [0.25, 0.3) is 16.9 Å². The van der Waals surface area contributed by atoms with Crippen molar-refractivity contribution >= 4 is 23.2 Å². The molecule has 3 aromatic rings. The lowest BCUT2D eigenvalue weighted by Crippen LogP contribution is -2.43. The van der Waals surface area contributed by atoms with Gasteiger partial charge in [-0.25, -0.2) is 9.50 Å². The second kappa shape index (κ2) is 6.56. The number of alkyl halides is 3. The van der Waals surface area contributed by atoms with Crippen LogP contribution in [0.1, 0.15) is 23.0 Å². The first-order valence-corrected chi connectivity index (χ1v) is 7.88. The minimum atomic E-state index is -4.54. The van der Waals surface area contributed by atoms with Crippen molar-refractivity contribution in [2.45, 2.75) is 26.1 Å². The number of amides is 1. The summed E-state index contributed by atoms with van der Waals surface area (Å²) in [5.74, 6) is -0.905. The van der Waals surface area contributed by atoms with Gasteiger partial charge in [-0.15, -0.1) is 0 Å². The maximum atomic E-state index is 12.7. The third kappa shape index (κ3) is 3.48. The van der Waals surface area contributed by atoms with Gasteiger partial charge in [-0.05, 0) is 26.0 Å². The van der Waals surface area contributed by atoms with Gasteiger partial charge in [-0.2, -0.15) is 18.3 Å². The molecule has 3 rings (SSSR count). The number of aromatic nitrogens is 4. The first-order valence-electron chi connectivity index (χ1n) is 7.50. The Labute approximate surface area is 151 Å². The number of nitrogens with one attached hydrogen (secondary N) is 1. The lowest BCUT2D eigenvalue weighted by atomic mass is 10.2. The van der Waals surface area contributed by atoms with E-state index in [1.54, 1.807) is 25.3 Å². The Morgan fingerprint density at radius 1 is 1.27 bits per heavy atom. The number of hydrogen-bond donors (Lipinski definition) is 1. The lowest BCUT2D eigenvalue weighted by Gasteiger charge is -2.16. The summed E-state index contributed by atoms with van der Waals surface area (Å²) in [6.45, 7) is 2.61. The number of rotatable bonds is 3. The molecule has 0 aliphatic heterocycles. The molecule has 26 heavy (non-hydrogen) atoms. The largest absolute Gasteiger partial charge is 0.408 e. The minimum absolute atomic E-state index is 0.0546. The van der Waals surface area contributed by atoms with Gasteiger partial charge in [0.2, 0.25) is 0 Å². The van der Waals surface area contributed by atoms with Gasteiger partial charge in [0.15, 0.2) is 5.65 Å². The van der Waals surface area contributed by atoms with Gasteiger partial charge in [0, 0.05) is 23.7 Å². The van der Waals surface area contributed by atoms with Crippen molar-refractivity contribution in [3.05, 3.63) is 47.0 Å². The van der Waals surface area contributed by atoms with Gasteiger partial charge < -0.3 is 5.32 Å². The summed E-state index contributed by atoms with van der Waals surface area (Å²) in [5.41, 5.74) is 1.82. The van der Waals surface area contributed by atoms with E-state index in [1.165, 1.54) is 16.9 Å². The number of carbonyl (C=O) groups excluding carboxylic acids is 1. The van der Waals surface area contributed by atoms with Crippen LogP contribution < -0.4 is 5.32 Å². The van der Waals surface area contributed by atoms with Gasteiger partial charge in [0.05, 0.1) is 16.9 Å². The molecule has 0 aliphatic rings. The SMILES string of the molecule is Cc1cc(-c2cncc(Cl)c2)nc2c(C(=O)N[C@H](C)C(F)(F)F)cnn12. The smallest absolute Gasteiger partial charge is 0.340 e. The maximum Gasteiger partial charge on any atom is 0.408 e. The quantitative estimate of drug-likeness (QED) is 0.752. The number of halogens is 4. The van der Waals surface area contributed by atoms with Crippen LogP contribution in [0.2, 0.25) is 5.02 Å². The van der Waals surface area contributed by atoms with Crippen LogP contribution in [0.15, 0.2) is 30.7 Å². The Morgan fingerprint density at radius 3 is 2.65 bits per heavy atom. The molecule has 0 saturated heterocycles. The summed E-state index contributed by atoms with van der Waals surface area (Å²) in [6, 6.07) is 1.37. The summed E-state index contributed by atoms with van der Waals surface area (Å²) in [6.07, 6.45) is -0.341. The zero-order chi connectivity index (χ0) is 19.1. The number of pyridine rings is 1. The lowest BCUT2D eigenvalue weighted by molar-refractivity contribution is -0.149. The molecule has 1 N–H and O–H groups in total. The highest BCUT2D eigenvalue weighted by atomic mass is 35.5. The summed E-state index contributed by atoms with van der Waals surface area (Å²) in [5, 5.41) is 6.35. The minimum Gasteiger partial charge on any atom is -0.340 e. The highest BCUT2D eigenvalue weighted by Gasteiger charge is 2.37. The highest BCUT2D eigenvalue weighted by molar-refractivity contribution is 6.30. The molecular weight excluding hydrogens is 371 g/mol. The molecule has 0 unspecified atom stereocenters. The third-order valence-corrected chi connectivity index (χ3v) is 3.94. The molecule has 6 nitrogen and oxygen atoms in total. The molecule has 1 amide bonds. The molecule has 0 bridgehead atoms. The molecule has 0 fully saturated rings. The van der Waals surface area contributed by atoms with Gasteiger partial charge >= 0.3 is 6.18 Å². The zero-order valence-electron chi connectivity index (χ0n) is 13.7. The van der Waals surface area contributed by atoms with Crippen molar-refractivity contribution < 1.29 is 18.0 Å². The van der Waals surface area contributed by atoms with E-state index >= 15 is 0 Å². The van der Waals surface area contributed by atoms with E-state index in [-0.39, 0.29) is 11.2 Å². The molecule has 1 atom stereocenters. The summed E-state index contributed by atoms with van der Waals surface area (Å²) < 4.78 is 39.4. The van der Waals surface area contributed by atoms with Crippen molar-refractivity contribution in [2.75, 3.05) is 0 Å². The average molecular weight is 384 g/mol. The van der Waals surface area contributed by atoms with Gasteiger partial charge in [0.25, 0.3) is 5.91 Å². The van der Waals surface area contributed by atoms with E-state index in [1.807, 2.05) is 5.32 Å². The van der Waals surface area contributed by atoms with Crippen molar-refractivity contribution in [2.24, 2.45) is 0 Å². The predicted molar refractivity (Wildman–Crippen MR) is 88.9 cm³/mol. The number of hydrogen-bond acceptors (Lipinski definition) is 4. The van der Waals surface area contributed by atoms with Crippen LogP contribution in [-0.4, -0.2) is 37.7 Å². The third-order valence-electron chi connectivity index (χ3n) is 3.73. The number of aryl methyl sites for hydroxylation is 1. The molecule has 136 valence electrons. The Bertz CT molecular complexity index is 986. The van der Waals surface area contributed by atoms with Crippen LogP contribution in [0.3, 0.4) is 0 Å². The zero-order valence-corrected chi connectivity index (χ0v) is 14.4. The van der Waals surface area contributed by atoms with E-state index in [0.29, 0.717) is 22.0 Å². The summed E-state index contributed by atoms with van der Waals surface area (Å²) in [4.78, 5) is 20.6. The first kappa shape index (κ1) is 18.1. The second-order valence-electron chi connectivity index (χ2n) is 5.71. The van der Waals surface area contributed by atoms with Gasteiger partial charge in [-0.1, -0.05) is 11.6 Å². The van der Waals surface area contributed by atoms with E-state index in [9.17, 15) is 18.0 Å². The normalized spacial score (nSPS) is 13.0. The standard InChI is InChI=1S/C16H13ClF3N5O/c1-8-3-13(10-4-11(17)6-21-5-10)24-14-12(7-22-25(8)14)15(26)23-9(2)16(18,19)20/h3-7,9H,1-2H3,(H,23,26)/t9-/m1/s1. The van der Waals surface area contributed by atoms with Gasteiger partial charge in [0.1, 0.15) is 11.6 Å². The van der Waals surface area contributed by atoms with Crippen LogP contribution in [0.5, 0.6) is 0 Å². The summed E-state index contributed by atoms with van der Waals surface area (Å²) >= 11 is 5.93. The Morgan fingerprint density at radius 2 is 2.00 bits per heavy atom. The molecule has 0 aliphatic carbocycles. The number of nitrogens with zero attached hydrogens (tertiary/aromatic N) is 4. The van der Waals surface area contributed by atoms with E-state index in [4.69, 9.17) is 11.6 Å². The fraction of sp³-hybridized carbons (Fsp3) is 0.250. The Balaban J connectivity index is 2.04. The molecule has 0 aromatic carbocycles. The Hall–Kier alpha value is -2.68. The van der Waals surface area contributed by atoms with E-state index in [2.05, 4.69) is 15.1 Å². The molecular formula is C16H13ClF3N5O. The molecule has 0 spiro atoms. The summed E-state index contributed by atoms with van der Waals surface area (Å²) in [7, 11) is 0. The fourth-order valence-corrected chi connectivity index (χ4v) is 2.50. The van der Waals surface area contributed by atoms with E-state index in [0.717, 1.165) is 6.92 Å². The Kier molecular flexibility index (Phi) is 4.57. The van der Waals surface area contributed by atoms with Crippen molar-refractivity contribution in [1.82, 2.24) is 24.9 Å². The van der Waals surface area contributed by atoms with Gasteiger partial charge in [-0.3, -0.25) is 9.78 Å². The fourth-order valence-electron chi connectivity index (χ4n) is 2.33. The van der Waals surface area contributed by atoms with Crippen LogP contribution in [0, 0.1) is 6.92 Å². The van der Waals surface area contributed by atoms with Crippen LogP contribution in [-0.2, 0) is 0 Å². The molecule has 0 radical (unpaired) electrons. The molecule has 10 heteroatoms. The second-order valence-corrected chi connectivity index (χ2v) is 6.14.